The summed E-state index contributed by atoms with van der Waals surface area (Å²) in [4.78, 5) is 25.4. The Morgan fingerprint density at radius 3 is 2.33 bits per heavy atom. The standard InChI is InChI=1S/C17H12N2O2/c1-10-7-12(9-18)16(14-6-4-3-5-13(10)14)19-15(20)8-11(2)17(19)21/h3-8H,1-2H3. The van der Waals surface area contributed by atoms with Gasteiger partial charge in [-0.15, -0.1) is 0 Å². The van der Waals surface area contributed by atoms with Gasteiger partial charge in [0.1, 0.15) is 6.07 Å². The van der Waals surface area contributed by atoms with Crippen LogP contribution < -0.4 is 4.90 Å². The SMILES string of the molecule is CC1=CC(=O)N(c2c(C#N)cc(C)c3ccccc23)C1=O. The summed E-state index contributed by atoms with van der Waals surface area (Å²) in [5, 5.41) is 11.0. The number of carbonyl (C=O) groups excluding carboxylic acids is 2. The van der Waals surface area contributed by atoms with E-state index >= 15 is 0 Å². The number of imide groups is 1. The van der Waals surface area contributed by atoms with E-state index in [-0.39, 0.29) is 5.91 Å². The Hall–Kier alpha value is -2.93. The van der Waals surface area contributed by atoms with Gasteiger partial charge in [0, 0.05) is 17.0 Å². The molecule has 1 aliphatic rings. The Balaban J connectivity index is 2.38. The van der Waals surface area contributed by atoms with Crippen molar-refractivity contribution in [1.29, 1.82) is 5.26 Å². The summed E-state index contributed by atoms with van der Waals surface area (Å²) in [7, 11) is 0. The largest absolute Gasteiger partial charge is 0.269 e. The van der Waals surface area contributed by atoms with E-state index in [0.717, 1.165) is 21.2 Å². The van der Waals surface area contributed by atoms with Gasteiger partial charge >= 0.3 is 0 Å². The number of rotatable bonds is 1. The van der Waals surface area contributed by atoms with E-state index in [1.807, 2.05) is 31.2 Å². The zero-order valence-electron chi connectivity index (χ0n) is 11.7. The Morgan fingerprint density at radius 2 is 1.76 bits per heavy atom. The number of aryl methyl sites for hydroxylation is 1. The number of hydrogen-bond acceptors (Lipinski definition) is 3. The molecule has 0 unspecified atom stereocenters. The van der Waals surface area contributed by atoms with Gasteiger partial charge in [-0.1, -0.05) is 24.3 Å². The first-order chi connectivity index (χ1) is 10.0. The van der Waals surface area contributed by atoms with Crippen molar-refractivity contribution in [3.63, 3.8) is 0 Å². The van der Waals surface area contributed by atoms with Gasteiger partial charge in [0.25, 0.3) is 11.8 Å². The van der Waals surface area contributed by atoms with Crippen LogP contribution in [0.1, 0.15) is 18.1 Å². The lowest BCUT2D eigenvalue weighted by molar-refractivity contribution is -0.120. The maximum atomic E-state index is 12.2. The lowest BCUT2D eigenvalue weighted by Crippen LogP contribution is -2.31. The molecule has 2 aromatic rings. The number of anilines is 1. The summed E-state index contributed by atoms with van der Waals surface area (Å²) in [5.41, 5.74) is 2.03. The van der Waals surface area contributed by atoms with Crippen LogP contribution in [0.2, 0.25) is 0 Å². The number of nitrogens with zero attached hydrogens (tertiary/aromatic N) is 2. The topological polar surface area (TPSA) is 61.2 Å². The van der Waals surface area contributed by atoms with E-state index in [2.05, 4.69) is 6.07 Å². The van der Waals surface area contributed by atoms with Crippen molar-refractivity contribution in [2.24, 2.45) is 0 Å². The fourth-order valence-electron chi connectivity index (χ4n) is 2.67. The predicted octanol–water partition coefficient (Wildman–Crippen LogP) is 2.84. The highest BCUT2D eigenvalue weighted by atomic mass is 16.2. The summed E-state index contributed by atoms with van der Waals surface area (Å²) < 4.78 is 0. The molecule has 2 aromatic carbocycles. The van der Waals surface area contributed by atoms with E-state index in [1.165, 1.54) is 6.08 Å². The van der Waals surface area contributed by atoms with Crippen LogP contribution in [0, 0.1) is 18.3 Å². The fraction of sp³-hybridized carbons (Fsp3) is 0.118. The normalized spacial score (nSPS) is 14.5. The van der Waals surface area contributed by atoms with Gasteiger partial charge in [-0.05, 0) is 30.9 Å². The van der Waals surface area contributed by atoms with Crippen molar-refractivity contribution in [2.45, 2.75) is 13.8 Å². The van der Waals surface area contributed by atoms with Crippen LogP contribution in [0.4, 0.5) is 5.69 Å². The highest BCUT2D eigenvalue weighted by Gasteiger charge is 2.32. The molecule has 4 nitrogen and oxygen atoms in total. The lowest BCUT2D eigenvalue weighted by atomic mass is 9.99. The third kappa shape index (κ3) is 1.83. The van der Waals surface area contributed by atoms with Crippen molar-refractivity contribution >= 4 is 28.3 Å². The van der Waals surface area contributed by atoms with Crippen molar-refractivity contribution in [1.82, 2.24) is 0 Å². The first-order valence-electron chi connectivity index (χ1n) is 6.53. The monoisotopic (exact) mass is 276 g/mol. The van der Waals surface area contributed by atoms with Crippen LogP contribution in [0.3, 0.4) is 0 Å². The average Bonchev–Trinajstić information content (AvgIpc) is 2.73. The second kappa shape index (κ2) is 4.57. The van der Waals surface area contributed by atoms with Crippen LogP contribution >= 0.6 is 0 Å². The molecule has 0 radical (unpaired) electrons. The highest BCUT2D eigenvalue weighted by molar-refractivity contribution is 6.32. The quantitative estimate of drug-likeness (QED) is 0.752. The number of hydrogen-bond donors (Lipinski definition) is 0. The average molecular weight is 276 g/mol. The van der Waals surface area contributed by atoms with Gasteiger partial charge in [-0.3, -0.25) is 9.59 Å². The number of amides is 2. The maximum absolute atomic E-state index is 12.2. The van der Waals surface area contributed by atoms with E-state index in [9.17, 15) is 14.9 Å². The second-order valence-electron chi connectivity index (χ2n) is 5.05. The number of carbonyl (C=O) groups is 2. The van der Waals surface area contributed by atoms with Crippen molar-refractivity contribution in [3.8, 4) is 6.07 Å². The molecule has 102 valence electrons. The van der Waals surface area contributed by atoms with Crippen molar-refractivity contribution in [2.75, 3.05) is 4.90 Å². The Kier molecular flexibility index (Phi) is 2.84. The molecule has 0 fully saturated rings. The number of benzene rings is 2. The van der Waals surface area contributed by atoms with Crippen LogP contribution in [0.15, 0.2) is 42.0 Å². The van der Waals surface area contributed by atoms with Crippen LogP contribution in [-0.2, 0) is 9.59 Å². The zero-order valence-corrected chi connectivity index (χ0v) is 11.7. The molecule has 0 aliphatic carbocycles. The van der Waals surface area contributed by atoms with Crippen LogP contribution in [0.5, 0.6) is 0 Å². The minimum absolute atomic E-state index is 0.330. The molecule has 0 saturated carbocycles. The summed E-state index contributed by atoms with van der Waals surface area (Å²) in [5.74, 6) is -0.770. The molecule has 2 amide bonds. The Labute approximate surface area is 121 Å². The van der Waals surface area contributed by atoms with Gasteiger partial charge < -0.3 is 0 Å². The first-order valence-corrected chi connectivity index (χ1v) is 6.53. The van der Waals surface area contributed by atoms with Gasteiger partial charge in [0.05, 0.1) is 11.3 Å². The summed E-state index contributed by atoms with van der Waals surface area (Å²) in [6, 6.07) is 11.3. The predicted molar refractivity (Wildman–Crippen MR) is 79.7 cm³/mol. The molecule has 3 rings (SSSR count). The smallest absolute Gasteiger partial charge is 0.261 e. The summed E-state index contributed by atoms with van der Waals surface area (Å²) in [6.07, 6.45) is 1.30. The van der Waals surface area contributed by atoms with Crippen LogP contribution in [0.25, 0.3) is 10.8 Å². The zero-order chi connectivity index (χ0) is 15.1. The maximum Gasteiger partial charge on any atom is 0.261 e. The summed E-state index contributed by atoms with van der Waals surface area (Å²) >= 11 is 0. The third-order valence-corrected chi connectivity index (χ3v) is 3.67. The Bertz CT molecular complexity index is 872. The molecule has 0 N–H and O–H groups in total. The molecule has 0 saturated heterocycles. The highest BCUT2D eigenvalue weighted by Crippen LogP contribution is 2.35. The molecule has 4 heteroatoms. The van der Waals surface area contributed by atoms with Gasteiger partial charge in [-0.25, -0.2) is 4.90 Å². The van der Waals surface area contributed by atoms with E-state index in [1.54, 1.807) is 13.0 Å². The molecular weight excluding hydrogens is 264 g/mol. The van der Waals surface area contributed by atoms with Gasteiger partial charge in [0.15, 0.2) is 0 Å². The van der Waals surface area contributed by atoms with E-state index in [0.29, 0.717) is 16.8 Å². The number of fused-ring (bicyclic) bond motifs is 1. The molecular formula is C17H12N2O2. The molecule has 21 heavy (non-hydrogen) atoms. The molecule has 0 atom stereocenters. The first kappa shape index (κ1) is 13.1. The Morgan fingerprint density at radius 1 is 1.10 bits per heavy atom. The fourth-order valence-corrected chi connectivity index (χ4v) is 2.67. The lowest BCUT2D eigenvalue weighted by Gasteiger charge is -2.19. The van der Waals surface area contributed by atoms with Crippen molar-refractivity contribution in [3.05, 3.63) is 53.1 Å². The second-order valence-corrected chi connectivity index (χ2v) is 5.05. The molecule has 0 bridgehead atoms. The molecule has 0 spiro atoms. The molecule has 0 aromatic heterocycles. The van der Waals surface area contributed by atoms with Gasteiger partial charge in [-0.2, -0.15) is 5.26 Å². The minimum atomic E-state index is -0.400. The third-order valence-electron chi connectivity index (χ3n) is 3.67. The van der Waals surface area contributed by atoms with Crippen LogP contribution in [-0.4, -0.2) is 11.8 Å². The number of nitriles is 1. The minimum Gasteiger partial charge on any atom is -0.269 e. The molecule has 1 heterocycles. The van der Waals surface area contributed by atoms with E-state index in [4.69, 9.17) is 0 Å². The molecule has 1 aliphatic heterocycles. The van der Waals surface area contributed by atoms with Gasteiger partial charge in [0.2, 0.25) is 0 Å². The van der Waals surface area contributed by atoms with E-state index < -0.39 is 5.91 Å². The summed E-state index contributed by atoms with van der Waals surface area (Å²) in [6.45, 7) is 3.51. The van der Waals surface area contributed by atoms with Crippen molar-refractivity contribution < 1.29 is 9.59 Å².